The summed E-state index contributed by atoms with van der Waals surface area (Å²) in [5.41, 5.74) is 0.967. The number of likely N-dealkylation sites (N-methyl/N-ethyl adjacent to an activating group) is 1. The quantitative estimate of drug-likeness (QED) is 0.430. The van der Waals surface area contributed by atoms with Crippen molar-refractivity contribution in [1.29, 1.82) is 0 Å². The van der Waals surface area contributed by atoms with Gasteiger partial charge in [-0.05, 0) is 48.4 Å². The Balaban J connectivity index is 1.77. The van der Waals surface area contributed by atoms with Crippen molar-refractivity contribution in [1.82, 2.24) is 4.72 Å². The molecule has 0 aliphatic rings. The molecule has 0 aromatic heterocycles. The summed E-state index contributed by atoms with van der Waals surface area (Å²) in [7, 11) is -1.32. The van der Waals surface area contributed by atoms with Crippen LogP contribution in [0.5, 0.6) is 5.75 Å². The number of rotatable bonds is 10. The van der Waals surface area contributed by atoms with Gasteiger partial charge in [-0.2, -0.15) is 0 Å². The number of amides is 2. The Kier molecular flexibility index (Phi) is 8.73. The third-order valence-corrected chi connectivity index (χ3v) is 6.45. The van der Waals surface area contributed by atoms with E-state index in [1.165, 1.54) is 19.1 Å². The fourth-order valence-corrected chi connectivity index (χ4v) is 4.57. The van der Waals surface area contributed by atoms with Gasteiger partial charge >= 0.3 is 0 Å². The maximum Gasteiger partial charge on any atom is 0.245 e. The van der Waals surface area contributed by atoms with Gasteiger partial charge in [0.1, 0.15) is 29.2 Å². The average molecular weight is 518 g/mol. The van der Waals surface area contributed by atoms with E-state index in [1.807, 2.05) is 0 Å². The summed E-state index contributed by atoms with van der Waals surface area (Å²) in [5.74, 6) is -3.91. The topological polar surface area (TPSA) is 105 Å². The number of halogens is 2. The molecule has 190 valence electrons. The first kappa shape index (κ1) is 26.8. The number of carbonyl (C=O) groups is 2. The Bertz CT molecular complexity index is 1300. The lowest BCUT2D eigenvalue weighted by Gasteiger charge is -2.25. The summed E-state index contributed by atoms with van der Waals surface area (Å²) >= 11 is 0. The molecule has 36 heavy (non-hydrogen) atoms. The number of ether oxygens (including phenoxy) is 1. The molecule has 3 rings (SSSR count). The van der Waals surface area contributed by atoms with Crippen LogP contribution in [-0.2, 0) is 26.0 Å². The van der Waals surface area contributed by atoms with E-state index in [0.717, 1.165) is 12.1 Å². The van der Waals surface area contributed by atoms with Gasteiger partial charge < -0.3 is 15.0 Å². The molecule has 0 heterocycles. The van der Waals surface area contributed by atoms with Crippen LogP contribution >= 0.6 is 0 Å². The minimum absolute atomic E-state index is 0.0239. The zero-order chi connectivity index (χ0) is 26.3. The molecule has 0 unspecified atom stereocenters. The average Bonchev–Trinajstić information content (AvgIpc) is 2.82. The van der Waals surface area contributed by atoms with Crippen molar-refractivity contribution in [3.8, 4) is 5.75 Å². The monoisotopic (exact) mass is 517 g/mol. The fraction of sp³-hybridized carbons (Fsp3) is 0.200. The van der Waals surface area contributed by atoms with Crippen LogP contribution in [-0.4, -0.2) is 46.2 Å². The lowest BCUT2D eigenvalue weighted by atomic mass is 10.1. The smallest absolute Gasteiger partial charge is 0.245 e. The molecule has 2 amide bonds. The molecule has 0 saturated heterocycles. The fourth-order valence-electron chi connectivity index (χ4n) is 3.45. The number of anilines is 2. The number of methoxy groups -OCH3 is 1. The van der Waals surface area contributed by atoms with Crippen LogP contribution in [0.2, 0.25) is 0 Å². The number of nitrogens with one attached hydrogen (secondary N) is 2. The predicted octanol–water partition coefficient (Wildman–Crippen LogP) is 3.11. The molecule has 0 saturated carbocycles. The molecule has 0 spiro atoms. The second kappa shape index (κ2) is 11.7. The van der Waals surface area contributed by atoms with Crippen molar-refractivity contribution in [2.24, 2.45) is 0 Å². The highest BCUT2D eigenvalue weighted by atomic mass is 32.2. The molecule has 0 aliphatic carbocycles. The first-order valence-corrected chi connectivity index (χ1v) is 12.4. The molecule has 3 aromatic rings. The summed E-state index contributed by atoms with van der Waals surface area (Å²) in [6.07, 6.45) is 0.0239. The number of carbonyl (C=O) groups excluding carboxylic acids is 2. The SMILES string of the molecule is COc1ccc(N(C)C(=O)[C@H](Cc2ccccc2)NS(=O)(=O)CC(=O)Nc2cc(F)cc(F)c2)cc1. The van der Waals surface area contributed by atoms with Crippen molar-refractivity contribution >= 4 is 33.2 Å². The van der Waals surface area contributed by atoms with E-state index >= 15 is 0 Å². The van der Waals surface area contributed by atoms with E-state index < -0.39 is 45.3 Å². The van der Waals surface area contributed by atoms with E-state index in [2.05, 4.69) is 10.0 Å². The van der Waals surface area contributed by atoms with Gasteiger partial charge in [-0.15, -0.1) is 0 Å². The van der Waals surface area contributed by atoms with Gasteiger partial charge in [-0.25, -0.2) is 21.9 Å². The van der Waals surface area contributed by atoms with Crippen molar-refractivity contribution in [2.75, 3.05) is 30.1 Å². The molecular formula is C25H25F2N3O5S. The van der Waals surface area contributed by atoms with E-state index in [1.54, 1.807) is 54.6 Å². The van der Waals surface area contributed by atoms with E-state index in [4.69, 9.17) is 4.74 Å². The number of benzene rings is 3. The summed E-state index contributed by atoms with van der Waals surface area (Å²) in [6, 6.07) is 16.5. The maximum absolute atomic E-state index is 13.4. The maximum atomic E-state index is 13.4. The molecule has 8 nitrogen and oxygen atoms in total. The molecule has 0 radical (unpaired) electrons. The highest BCUT2D eigenvalue weighted by Crippen LogP contribution is 2.20. The van der Waals surface area contributed by atoms with Crippen LogP contribution in [0.15, 0.2) is 72.8 Å². The Hall–Kier alpha value is -3.83. The first-order chi connectivity index (χ1) is 17.1. The number of nitrogens with zero attached hydrogens (tertiary/aromatic N) is 1. The van der Waals surface area contributed by atoms with Gasteiger partial charge in [-0.1, -0.05) is 30.3 Å². The van der Waals surface area contributed by atoms with Gasteiger partial charge in [0.2, 0.25) is 21.8 Å². The molecule has 1 atom stereocenters. The molecule has 11 heteroatoms. The van der Waals surface area contributed by atoms with Crippen molar-refractivity contribution in [3.05, 3.63) is 90.0 Å². The van der Waals surface area contributed by atoms with Crippen LogP contribution < -0.4 is 19.7 Å². The first-order valence-electron chi connectivity index (χ1n) is 10.8. The number of sulfonamides is 1. The Labute approximate surface area is 207 Å². The van der Waals surface area contributed by atoms with Gasteiger partial charge in [0.05, 0.1) is 7.11 Å². The Morgan fingerprint density at radius 3 is 2.17 bits per heavy atom. The summed E-state index contributed by atoms with van der Waals surface area (Å²) in [5, 5.41) is 2.15. The molecule has 0 aliphatic heterocycles. The van der Waals surface area contributed by atoms with Crippen LogP contribution in [0.4, 0.5) is 20.2 Å². The van der Waals surface area contributed by atoms with Crippen LogP contribution in [0.25, 0.3) is 0 Å². The standard InChI is InChI=1S/C25H25F2N3O5S/c1-30(21-8-10-22(35-2)11-9-21)25(32)23(12-17-6-4-3-5-7-17)29-36(33,34)16-24(31)28-20-14-18(26)13-19(27)15-20/h3-11,13-15,23,29H,12,16H2,1-2H3,(H,28,31)/t23-/m0/s1. The molecule has 0 bridgehead atoms. The normalized spacial score (nSPS) is 12.0. The van der Waals surface area contributed by atoms with Gasteiger partial charge in [0.25, 0.3) is 0 Å². The van der Waals surface area contributed by atoms with Gasteiger partial charge in [-0.3, -0.25) is 9.59 Å². The number of hydrogen-bond acceptors (Lipinski definition) is 5. The summed E-state index contributed by atoms with van der Waals surface area (Å²) in [6.45, 7) is 0. The zero-order valence-electron chi connectivity index (χ0n) is 19.6. The summed E-state index contributed by atoms with van der Waals surface area (Å²) in [4.78, 5) is 26.9. The third kappa shape index (κ3) is 7.59. The van der Waals surface area contributed by atoms with Crippen molar-refractivity contribution in [3.63, 3.8) is 0 Å². The molecule has 0 fully saturated rings. The van der Waals surface area contributed by atoms with Gasteiger partial charge in [0.15, 0.2) is 0 Å². The van der Waals surface area contributed by atoms with E-state index in [-0.39, 0.29) is 12.1 Å². The summed E-state index contributed by atoms with van der Waals surface area (Å²) < 4.78 is 59.8. The van der Waals surface area contributed by atoms with Crippen LogP contribution in [0.3, 0.4) is 0 Å². The van der Waals surface area contributed by atoms with E-state index in [0.29, 0.717) is 23.1 Å². The lowest BCUT2D eigenvalue weighted by molar-refractivity contribution is -0.120. The van der Waals surface area contributed by atoms with E-state index in [9.17, 15) is 26.8 Å². The Morgan fingerprint density at radius 1 is 0.972 bits per heavy atom. The second-order valence-electron chi connectivity index (χ2n) is 7.92. The predicted molar refractivity (Wildman–Crippen MR) is 132 cm³/mol. The van der Waals surface area contributed by atoms with Gasteiger partial charge in [0, 0.05) is 24.5 Å². The molecule has 2 N–H and O–H groups in total. The largest absolute Gasteiger partial charge is 0.497 e. The Morgan fingerprint density at radius 2 is 1.58 bits per heavy atom. The van der Waals surface area contributed by atoms with Crippen LogP contribution in [0.1, 0.15) is 5.56 Å². The van der Waals surface area contributed by atoms with Crippen molar-refractivity contribution in [2.45, 2.75) is 12.5 Å². The number of hydrogen-bond donors (Lipinski definition) is 2. The zero-order valence-corrected chi connectivity index (χ0v) is 20.4. The minimum Gasteiger partial charge on any atom is -0.497 e. The second-order valence-corrected chi connectivity index (χ2v) is 9.67. The van der Waals surface area contributed by atoms with Crippen molar-refractivity contribution < 1.29 is 31.5 Å². The lowest BCUT2D eigenvalue weighted by Crippen LogP contribution is -2.50. The molecular weight excluding hydrogens is 492 g/mol. The molecule has 3 aromatic carbocycles. The highest BCUT2D eigenvalue weighted by molar-refractivity contribution is 7.90. The minimum atomic E-state index is -4.33. The highest BCUT2D eigenvalue weighted by Gasteiger charge is 2.29. The van der Waals surface area contributed by atoms with Crippen LogP contribution in [0, 0.1) is 11.6 Å². The third-order valence-electron chi connectivity index (χ3n) is 5.16.